The average Bonchev–Trinajstić information content (AvgIpc) is 2.58. The van der Waals surface area contributed by atoms with Crippen LogP contribution in [-0.4, -0.2) is 37.7 Å². The van der Waals surface area contributed by atoms with E-state index in [1.165, 1.54) is 5.56 Å². The lowest BCUT2D eigenvalue weighted by Crippen LogP contribution is -2.46. The molecule has 1 aliphatic heterocycles. The lowest BCUT2D eigenvalue weighted by molar-refractivity contribution is 0.249. The molecule has 4 heteroatoms. The standard InChI is InChI=1S/C19H23ClN2O/c1-2-23-17-9-7-16(8-10-17)15-21-11-13-22(14-12-21)19-6-4-3-5-18(19)20/h3-10H,2,11-15H2,1H3. The molecule has 0 aliphatic carbocycles. The number of piperazine rings is 1. The van der Waals surface area contributed by atoms with Gasteiger partial charge >= 0.3 is 0 Å². The van der Waals surface area contributed by atoms with Crippen molar-refractivity contribution in [2.45, 2.75) is 13.5 Å². The Hall–Kier alpha value is -1.71. The van der Waals surface area contributed by atoms with Crippen molar-refractivity contribution in [3.63, 3.8) is 0 Å². The van der Waals surface area contributed by atoms with Gasteiger partial charge in [-0.25, -0.2) is 0 Å². The zero-order valence-corrected chi connectivity index (χ0v) is 14.3. The van der Waals surface area contributed by atoms with Crippen molar-refractivity contribution in [1.82, 2.24) is 4.90 Å². The number of anilines is 1. The molecule has 0 amide bonds. The molecule has 122 valence electrons. The van der Waals surface area contributed by atoms with E-state index in [9.17, 15) is 0 Å². The van der Waals surface area contributed by atoms with E-state index in [2.05, 4.69) is 40.1 Å². The molecule has 1 aliphatic rings. The number of benzene rings is 2. The van der Waals surface area contributed by atoms with E-state index in [0.29, 0.717) is 6.61 Å². The molecule has 0 unspecified atom stereocenters. The summed E-state index contributed by atoms with van der Waals surface area (Å²) >= 11 is 6.30. The Bertz CT molecular complexity index is 622. The van der Waals surface area contributed by atoms with Crippen LogP contribution in [-0.2, 0) is 6.54 Å². The van der Waals surface area contributed by atoms with E-state index in [1.807, 2.05) is 25.1 Å². The highest BCUT2D eigenvalue weighted by Gasteiger charge is 2.18. The molecule has 0 spiro atoms. The van der Waals surface area contributed by atoms with Gasteiger partial charge in [0.05, 0.1) is 17.3 Å². The number of nitrogens with zero attached hydrogens (tertiary/aromatic N) is 2. The molecule has 0 N–H and O–H groups in total. The van der Waals surface area contributed by atoms with Crippen LogP contribution >= 0.6 is 11.6 Å². The van der Waals surface area contributed by atoms with Crippen LogP contribution in [0.25, 0.3) is 0 Å². The first-order valence-corrected chi connectivity index (χ1v) is 8.57. The van der Waals surface area contributed by atoms with Gasteiger partial charge in [0.25, 0.3) is 0 Å². The fraction of sp³-hybridized carbons (Fsp3) is 0.368. The van der Waals surface area contributed by atoms with Gasteiger partial charge in [0.2, 0.25) is 0 Å². The highest BCUT2D eigenvalue weighted by Crippen LogP contribution is 2.26. The van der Waals surface area contributed by atoms with Gasteiger partial charge in [0.1, 0.15) is 5.75 Å². The quantitative estimate of drug-likeness (QED) is 0.822. The minimum atomic E-state index is 0.712. The van der Waals surface area contributed by atoms with Crippen molar-refractivity contribution in [2.24, 2.45) is 0 Å². The van der Waals surface area contributed by atoms with Crippen molar-refractivity contribution in [2.75, 3.05) is 37.7 Å². The molecule has 1 saturated heterocycles. The maximum absolute atomic E-state index is 6.30. The Kier molecular flexibility index (Phi) is 5.42. The summed E-state index contributed by atoms with van der Waals surface area (Å²) in [5, 5.41) is 0.840. The van der Waals surface area contributed by atoms with Crippen LogP contribution in [0.4, 0.5) is 5.69 Å². The minimum Gasteiger partial charge on any atom is -0.494 e. The summed E-state index contributed by atoms with van der Waals surface area (Å²) in [5.74, 6) is 0.944. The molecule has 0 bridgehead atoms. The predicted molar refractivity (Wildman–Crippen MR) is 96.6 cm³/mol. The van der Waals surface area contributed by atoms with Crippen molar-refractivity contribution in [1.29, 1.82) is 0 Å². The smallest absolute Gasteiger partial charge is 0.119 e. The summed E-state index contributed by atoms with van der Waals surface area (Å²) in [5.41, 5.74) is 2.48. The van der Waals surface area contributed by atoms with Crippen molar-refractivity contribution >= 4 is 17.3 Å². The fourth-order valence-corrected chi connectivity index (χ4v) is 3.23. The maximum atomic E-state index is 6.30. The molecule has 23 heavy (non-hydrogen) atoms. The van der Waals surface area contributed by atoms with Crippen LogP contribution in [0.3, 0.4) is 0 Å². The zero-order chi connectivity index (χ0) is 16.1. The first-order valence-electron chi connectivity index (χ1n) is 8.20. The first kappa shape index (κ1) is 16.2. The molecule has 3 nitrogen and oxygen atoms in total. The predicted octanol–water partition coefficient (Wildman–Crippen LogP) is 4.06. The van der Waals surface area contributed by atoms with E-state index in [1.54, 1.807) is 0 Å². The van der Waals surface area contributed by atoms with E-state index in [4.69, 9.17) is 16.3 Å². The summed E-state index contributed by atoms with van der Waals surface area (Å²) in [7, 11) is 0. The first-order chi connectivity index (χ1) is 11.3. The summed E-state index contributed by atoms with van der Waals surface area (Å²) < 4.78 is 5.49. The van der Waals surface area contributed by atoms with E-state index >= 15 is 0 Å². The van der Waals surface area contributed by atoms with Crippen LogP contribution in [0.2, 0.25) is 5.02 Å². The second-order valence-corrected chi connectivity index (χ2v) is 6.20. The summed E-state index contributed by atoms with van der Waals surface area (Å²) in [6, 6.07) is 16.5. The van der Waals surface area contributed by atoms with Gasteiger partial charge in [-0.05, 0) is 36.8 Å². The summed E-state index contributed by atoms with van der Waals surface area (Å²) in [4.78, 5) is 4.86. The third-order valence-corrected chi connectivity index (χ3v) is 4.53. The number of hydrogen-bond acceptors (Lipinski definition) is 3. The number of rotatable bonds is 5. The molecular weight excluding hydrogens is 308 g/mol. The molecule has 1 fully saturated rings. The van der Waals surface area contributed by atoms with E-state index < -0.39 is 0 Å². The average molecular weight is 331 g/mol. The zero-order valence-electron chi connectivity index (χ0n) is 13.5. The number of ether oxygens (including phenoxy) is 1. The second-order valence-electron chi connectivity index (χ2n) is 5.79. The van der Waals surface area contributed by atoms with Gasteiger partial charge in [-0.2, -0.15) is 0 Å². The molecule has 0 radical (unpaired) electrons. The Labute approximate surface area is 143 Å². The molecule has 2 aromatic rings. The highest BCUT2D eigenvalue weighted by atomic mass is 35.5. The number of hydrogen-bond donors (Lipinski definition) is 0. The maximum Gasteiger partial charge on any atom is 0.119 e. The molecule has 3 rings (SSSR count). The topological polar surface area (TPSA) is 15.7 Å². The van der Waals surface area contributed by atoms with Crippen LogP contribution in [0.5, 0.6) is 5.75 Å². The SMILES string of the molecule is CCOc1ccc(CN2CCN(c3ccccc3Cl)CC2)cc1. The lowest BCUT2D eigenvalue weighted by atomic mass is 10.2. The van der Waals surface area contributed by atoms with Gasteiger partial charge < -0.3 is 9.64 Å². The van der Waals surface area contributed by atoms with Crippen molar-refractivity contribution < 1.29 is 4.74 Å². The van der Waals surface area contributed by atoms with Crippen LogP contribution in [0.1, 0.15) is 12.5 Å². The third kappa shape index (κ3) is 4.18. The second kappa shape index (κ2) is 7.71. The monoisotopic (exact) mass is 330 g/mol. The van der Waals surface area contributed by atoms with E-state index in [-0.39, 0.29) is 0 Å². The van der Waals surface area contributed by atoms with Crippen molar-refractivity contribution in [3.05, 3.63) is 59.1 Å². The van der Waals surface area contributed by atoms with E-state index in [0.717, 1.165) is 49.2 Å². The van der Waals surface area contributed by atoms with Gasteiger partial charge in [-0.1, -0.05) is 35.9 Å². The Morgan fingerprint density at radius 2 is 1.65 bits per heavy atom. The fourth-order valence-electron chi connectivity index (χ4n) is 2.97. The highest BCUT2D eigenvalue weighted by molar-refractivity contribution is 6.33. The summed E-state index contributed by atoms with van der Waals surface area (Å²) in [6.45, 7) is 7.84. The lowest BCUT2D eigenvalue weighted by Gasteiger charge is -2.36. The Morgan fingerprint density at radius 3 is 2.30 bits per heavy atom. The molecule has 0 saturated carbocycles. The molecular formula is C19H23ClN2O. The molecule has 0 aromatic heterocycles. The van der Waals surface area contributed by atoms with Crippen LogP contribution in [0, 0.1) is 0 Å². The van der Waals surface area contributed by atoms with Crippen LogP contribution < -0.4 is 9.64 Å². The Balaban J connectivity index is 1.54. The van der Waals surface area contributed by atoms with Gasteiger partial charge in [0.15, 0.2) is 0 Å². The number of para-hydroxylation sites is 1. The Morgan fingerprint density at radius 1 is 0.957 bits per heavy atom. The molecule has 1 heterocycles. The largest absolute Gasteiger partial charge is 0.494 e. The number of halogens is 1. The van der Waals surface area contributed by atoms with Gasteiger partial charge in [-0.3, -0.25) is 4.90 Å². The molecule has 0 atom stereocenters. The third-order valence-electron chi connectivity index (χ3n) is 4.21. The van der Waals surface area contributed by atoms with Crippen LogP contribution in [0.15, 0.2) is 48.5 Å². The van der Waals surface area contributed by atoms with Gasteiger partial charge in [-0.15, -0.1) is 0 Å². The van der Waals surface area contributed by atoms with Gasteiger partial charge in [0, 0.05) is 32.7 Å². The minimum absolute atomic E-state index is 0.712. The summed E-state index contributed by atoms with van der Waals surface area (Å²) in [6.07, 6.45) is 0. The normalized spacial score (nSPS) is 15.7. The van der Waals surface area contributed by atoms with Crippen molar-refractivity contribution in [3.8, 4) is 5.75 Å². The molecule has 2 aromatic carbocycles.